The summed E-state index contributed by atoms with van der Waals surface area (Å²) in [5, 5.41) is 2.73. The van der Waals surface area contributed by atoms with E-state index in [-0.39, 0.29) is 11.8 Å². The molecule has 1 saturated heterocycles. The van der Waals surface area contributed by atoms with Crippen molar-refractivity contribution < 1.29 is 9.59 Å². The maximum absolute atomic E-state index is 12.5. The minimum absolute atomic E-state index is 0.0991. The lowest BCUT2D eigenvalue weighted by molar-refractivity contribution is -0.132. The van der Waals surface area contributed by atoms with Crippen molar-refractivity contribution in [2.24, 2.45) is 0 Å². The Hall–Kier alpha value is -2.73. The van der Waals surface area contributed by atoms with Gasteiger partial charge in [-0.25, -0.2) is 0 Å². The van der Waals surface area contributed by atoms with Crippen LogP contribution in [0.4, 0.5) is 5.69 Å². The van der Waals surface area contributed by atoms with Crippen LogP contribution in [0.25, 0.3) is 0 Å². The highest BCUT2D eigenvalue weighted by atomic mass is 16.2. The minimum Gasteiger partial charge on any atom is -0.340 e. The monoisotopic (exact) mass is 352 g/mol. The summed E-state index contributed by atoms with van der Waals surface area (Å²) in [5.74, 6) is 0.0521. The van der Waals surface area contributed by atoms with Gasteiger partial charge in [0.05, 0.1) is 6.42 Å². The largest absolute Gasteiger partial charge is 0.340 e. The number of aromatic nitrogens is 1. The van der Waals surface area contributed by atoms with Crippen LogP contribution < -0.4 is 5.32 Å². The Morgan fingerprint density at radius 2 is 1.77 bits per heavy atom. The molecule has 136 valence electrons. The number of hydrogen-bond donors (Lipinski definition) is 1. The van der Waals surface area contributed by atoms with Crippen LogP contribution >= 0.6 is 0 Å². The Balaban J connectivity index is 1.47. The molecule has 0 atom stereocenters. The van der Waals surface area contributed by atoms with E-state index in [0.717, 1.165) is 44.0 Å². The van der Waals surface area contributed by atoms with Crippen molar-refractivity contribution in [2.75, 3.05) is 31.5 Å². The van der Waals surface area contributed by atoms with Crippen molar-refractivity contribution >= 4 is 17.5 Å². The van der Waals surface area contributed by atoms with Gasteiger partial charge in [-0.3, -0.25) is 19.5 Å². The lowest BCUT2D eigenvalue weighted by atomic mass is 10.1. The molecule has 1 aromatic carbocycles. The lowest BCUT2D eigenvalue weighted by Gasteiger charge is -2.34. The third-order valence-electron chi connectivity index (χ3n) is 4.48. The normalized spacial score (nSPS) is 14.9. The number of piperazine rings is 1. The first kappa shape index (κ1) is 18.1. The van der Waals surface area contributed by atoms with Gasteiger partial charge in [0.2, 0.25) is 11.8 Å². The molecule has 0 saturated carbocycles. The van der Waals surface area contributed by atoms with Gasteiger partial charge in [-0.1, -0.05) is 18.2 Å². The van der Waals surface area contributed by atoms with Crippen LogP contribution in [0.2, 0.25) is 0 Å². The first-order valence-electron chi connectivity index (χ1n) is 8.86. The van der Waals surface area contributed by atoms with Crippen LogP contribution in [0.1, 0.15) is 18.1 Å². The summed E-state index contributed by atoms with van der Waals surface area (Å²) in [6.07, 6.45) is 4.06. The molecule has 2 aromatic rings. The van der Waals surface area contributed by atoms with E-state index >= 15 is 0 Å². The summed E-state index contributed by atoms with van der Waals surface area (Å²) < 4.78 is 0. The number of hydrogen-bond acceptors (Lipinski definition) is 4. The summed E-state index contributed by atoms with van der Waals surface area (Å²) in [4.78, 5) is 32.0. The van der Waals surface area contributed by atoms with Crippen molar-refractivity contribution in [2.45, 2.75) is 19.9 Å². The zero-order valence-electron chi connectivity index (χ0n) is 15.0. The van der Waals surface area contributed by atoms with Crippen molar-refractivity contribution in [3.8, 4) is 0 Å². The SMILES string of the molecule is CC(=O)Nc1ccc(CC(=O)N2CCN(Cc3cccnc3)CC2)cc1. The quantitative estimate of drug-likeness (QED) is 0.893. The van der Waals surface area contributed by atoms with E-state index in [9.17, 15) is 9.59 Å². The molecule has 0 radical (unpaired) electrons. The molecule has 6 nitrogen and oxygen atoms in total. The van der Waals surface area contributed by atoms with E-state index in [2.05, 4.69) is 21.3 Å². The van der Waals surface area contributed by atoms with Gasteiger partial charge >= 0.3 is 0 Å². The molecule has 3 rings (SSSR count). The number of nitrogens with one attached hydrogen (secondary N) is 1. The molecule has 6 heteroatoms. The molecule has 0 spiro atoms. The zero-order valence-corrected chi connectivity index (χ0v) is 15.0. The van der Waals surface area contributed by atoms with Gasteiger partial charge < -0.3 is 10.2 Å². The molecule has 1 aliphatic heterocycles. The molecule has 2 heterocycles. The van der Waals surface area contributed by atoms with E-state index in [1.165, 1.54) is 12.5 Å². The topological polar surface area (TPSA) is 65.5 Å². The van der Waals surface area contributed by atoms with Crippen LogP contribution in [0.15, 0.2) is 48.8 Å². The summed E-state index contributed by atoms with van der Waals surface area (Å²) in [7, 11) is 0. The second kappa shape index (κ2) is 8.58. The predicted molar refractivity (Wildman–Crippen MR) is 101 cm³/mol. The maximum Gasteiger partial charge on any atom is 0.227 e. The average Bonchev–Trinajstić information content (AvgIpc) is 2.64. The van der Waals surface area contributed by atoms with E-state index < -0.39 is 0 Å². The zero-order chi connectivity index (χ0) is 18.4. The number of carbonyl (C=O) groups excluding carboxylic acids is 2. The number of anilines is 1. The van der Waals surface area contributed by atoms with E-state index in [0.29, 0.717) is 6.42 Å². The second-order valence-corrected chi connectivity index (χ2v) is 6.57. The smallest absolute Gasteiger partial charge is 0.227 e. The molecule has 2 amide bonds. The Morgan fingerprint density at radius 1 is 1.04 bits per heavy atom. The fraction of sp³-hybridized carbons (Fsp3) is 0.350. The number of amides is 2. The maximum atomic E-state index is 12.5. The van der Waals surface area contributed by atoms with Crippen molar-refractivity contribution in [3.63, 3.8) is 0 Å². The van der Waals surface area contributed by atoms with Crippen LogP contribution in [0.3, 0.4) is 0 Å². The Kier molecular flexibility index (Phi) is 5.96. The Bertz CT molecular complexity index is 738. The molecule has 0 unspecified atom stereocenters. The van der Waals surface area contributed by atoms with Gasteiger partial charge in [0.25, 0.3) is 0 Å². The summed E-state index contributed by atoms with van der Waals surface area (Å²) in [5.41, 5.74) is 2.91. The van der Waals surface area contributed by atoms with Gasteiger partial charge in [-0.2, -0.15) is 0 Å². The number of rotatable bonds is 5. The highest BCUT2D eigenvalue weighted by Crippen LogP contribution is 2.13. The third-order valence-corrected chi connectivity index (χ3v) is 4.48. The Morgan fingerprint density at radius 3 is 2.38 bits per heavy atom. The second-order valence-electron chi connectivity index (χ2n) is 6.57. The summed E-state index contributed by atoms with van der Waals surface area (Å²) >= 11 is 0. The number of nitrogens with zero attached hydrogens (tertiary/aromatic N) is 3. The van der Waals surface area contributed by atoms with Crippen LogP contribution in [-0.2, 0) is 22.6 Å². The van der Waals surface area contributed by atoms with Gasteiger partial charge in [-0.15, -0.1) is 0 Å². The standard InChI is InChI=1S/C20H24N4O2/c1-16(25)22-19-6-4-17(5-7-19)13-20(26)24-11-9-23(10-12-24)15-18-3-2-8-21-14-18/h2-8,14H,9-13,15H2,1H3,(H,22,25). The number of benzene rings is 1. The first-order chi connectivity index (χ1) is 12.6. The number of carbonyl (C=O) groups is 2. The summed E-state index contributed by atoms with van der Waals surface area (Å²) in [6.45, 7) is 5.61. The number of pyridine rings is 1. The molecule has 0 bridgehead atoms. The highest BCUT2D eigenvalue weighted by molar-refractivity contribution is 5.88. The van der Waals surface area contributed by atoms with Crippen molar-refractivity contribution in [3.05, 3.63) is 59.9 Å². The fourth-order valence-electron chi connectivity index (χ4n) is 3.10. The molecule has 1 N–H and O–H groups in total. The van der Waals surface area contributed by atoms with E-state index in [1.807, 2.05) is 41.4 Å². The van der Waals surface area contributed by atoms with Gasteiger partial charge in [0.15, 0.2) is 0 Å². The molecule has 0 aliphatic carbocycles. The van der Waals surface area contributed by atoms with E-state index in [1.54, 1.807) is 6.20 Å². The molecule has 1 fully saturated rings. The average molecular weight is 352 g/mol. The molecular weight excluding hydrogens is 328 g/mol. The molecule has 1 aliphatic rings. The van der Waals surface area contributed by atoms with Gasteiger partial charge in [0, 0.05) is 57.7 Å². The van der Waals surface area contributed by atoms with Crippen LogP contribution in [-0.4, -0.2) is 52.8 Å². The summed E-state index contributed by atoms with van der Waals surface area (Å²) in [6, 6.07) is 11.5. The van der Waals surface area contributed by atoms with E-state index in [4.69, 9.17) is 0 Å². The fourth-order valence-corrected chi connectivity index (χ4v) is 3.10. The van der Waals surface area contributed by atoms with Crippen molar-refractivity contribution in [1.29, 1.82) is 0 Å². The van der Waals surface area contributed by atoms with Gasteiger partial charge in [0.1, 0.15) is 0 Å². The first-order valence-corrected chi connectivity index (χ1v) is 8.86. The van der Waals surface area contributed by atoms with Gasteiger partial charge in [-0.05, 0) is 29.3 Å². The molecule has 26 heavy (non-hydrogen) atoms. The predicted octanol–water partition coefficient (Wildman–Crippen LogP) is 1.93. The van der Waals surface area contributed by atoms with Crippen LogP contribution in [0.5, 0.6) is 0 Å². The van der Waals surface area contributed by atoms with Crippen molar-refractivity contribution in [1.82, 2.24) is 14.8 Å². The van der Waals surface area contributed by atoms with Crippen LogP contribution in [0, 0.1) is 0 Å². The highest BCUT2D eigenvalue weighted by Gasteiger charge is 2.21. The lowest BCUT2D eigenvalue weighted by Crippen LogP contribution is -2.48. The molecular formula is C20H24N4O2. The Labute approximate surface area is 153 Å². The molecule has 1 aromatic heterocycles. The minimum atomic E-state index is -0.0991. The third kappa shape index (κ3) is 5.13.